The van der Waals surface area contributed by atoms with Crippen LogP contribution >= 0.6 is 0 Å². The summed E-state index contributed by atoms with van der Waals surface area (Å²) in [4.78, 5) is 28.5. The summed E-state index contributed by atoms with van der Waals surface area (Å²) in [5.74, 6) is 1.46. The van der Waals surface area contributed by atoms with E-state index in [1.807, 2.05) is 24.3 Å². The first kappa shape index (κ1) is 22.7. The third-order valence-electron chi connectivity index (χ3n) is 5.75. The standard InChI is InChI=1S/C24H24N6O5/c31-20(7-8-22-27-23(30-35-22)15-5-6-19-14(11-15)9-10-34-19)26-13-21(32)25-12-18-16-3-1-2-4-17(16)24(33)29-28-18/h1-6,11,21,25,32H,7-10,12-13H2,(H,26,31)(H,29,33). The third kappa shape index (κ3) is 5.20. The van der Waals surface area contributed by atoms with Crippen LogP contribution in [0.5, 0.6) is 5.75 Å². The molecule has 0 spiro atoms. The molecule has 1 aliphatic rings. The summed E-state index contributed by atoms with van der Waals surface area (Å²) in [6.45, 7) is 0.900. The summed E-state index contributed by atoms with van der Waals surface area (Å²) in [5, 5.41) is 27.5. The second-order valence-corrected chi connectivity index (χ2v) is 8.18. The minimum atomic E-state index is -0.995. The molecule has 0 fully saturated rings. The van der Waals surface area contributed by atoms with Crippen LogP contribution in [0.4, 0.5) is 0 Å². The third-order valence-corrected chi connectivity index (χ3v) is 5.75. The highest BCUT2D eigenvalue weighted by Crippen LogP contribution is 2.29. The molecule has 0 bridgehead atoms. The SMILES string of the molecule is O=C(CCc1nc(-c2ccc3c(c2)CCO3)no1)NCC(O)NCc1n[nH]c(=O)c2ccccc12. The minimum Gasteiger partial charge on any atom is -0.493 e. The van der Waals surface area contributed by atoms with Crippen LogP contribution in [0.15, 0.2) is 51.8 Å². The minimum absolute atomic E-state index is 0.00635. The molecule has 2 aromatic carbocycles. The summed E-state index contributed by atoms with van der Waals surface area (Å²) in [6.07, 6.45) is 0.278. The molecule has 2 aromatic heterocycles. The zero-order chi connectivity index (χ0) is 24.2. The molecule has 4 N–H and O–H groups in total. The highest BCUT2D eigenvalue weighted by atomic mass is 16.5. The average Bonchev–Trinajstić information content (AvgIpc) is 3.55. The number of ether oxygens (including phenoxy) is 1. The summed E-state index contributed by atoms with van der Waals surface area (Å²) < 4.78 is 10.8. The highest BCUT2D eigenvalue weighted by molar-refractivity contribution is 5.83. The Hall–Kier alpha value is -4.09. The first-order valence-corrected chi connectivity index (χ1v) is 11.3. The van der Waals surface area contributed by atoms with Crippen LogP contribution in [-0.2, 0) is 24.2 Å². The maximum atomic E-state index is 12.2. The van der Waals surface area contributed by atoms with Crippen LogP contribution < -0.4 is 20.9 Å². The largest absolute Gasteiger partial charge is 0.493 e. The van der Waals surface area contributed by atoms with Gasteiger partial charge in [0.15, 0.2) is 0 Å². The van der Waals surface area contributed by atoms with Gasteiger partial charge >= 0.3 is 0 Å². The van der Waals surface area contributed by atoms with Crippen molar-refractivity contribution in [3.63, 3.8) is 0 Å². The molecule has 11 heteroatoms. The van der Waals surface area contributed by atoms with Crippen molar-refractivity contribution in [1.29, 1.82) is 0 Å². The Kier molecular flexibility index (Phi) is 6.51. The van der Waals surface area contributed by atoms with Crippen LogP contribution in [0.2, 0.25) is 0 Å². The van der Waals surface area contributed by atoms with Gasteiger partial charge in [-0.25, -0.2) is 5.10 Å². The van der Waals surface area contributed by atoms with Gasteiger partial charge in [-0.1, -0.05) is 23.4 Å². The van der Waals surface area contributed by atoms with E-state index in [0.29, 0.717) is 34.8 Å². The lowest BCUT2D eigenvalue weighted by atomic mass is 10.1. The molecule has 4 aromatic rings. The molecular formula is C24H24N6O5. The number of aryl methyl sites for hydroxylation is 1. The van der Waals surface area contributed by atoms with Gasteiger partial charge < -0.3 is 19.7 Å². The lowest BCUT2D eigenvalue weighted by Gasteiger charge is -2.14. The van der Waals surface area contributed by atoms with E-state index in [1.54, 1.807) is 18.2 Å². The smallest absolute Gasteiger partial charge is 0.272 e. The number of fused-ring (bicyclic) bond motifs is 2. The number of amides is 1. The summed E-state index contributed by atoms with van der Waals surface area (Å²) in [5.41, 5.74) is 2.28. The van der Waals surface area contributed by atoms with E-state index in [2.05, 4.69) is 31.0 Å². The van der Waals surface area contributed by atoms with Crippen LogP contribution in [-0.4, -0.2) is 50.7 Å². The summed E-state index contributed by atoms with van der Waals surface area (Å²) in [7, 11) is 0. The van der Waals surface area contributed by atoms with E-state index >= 15 is 0 Å². The monoisotopic (exact) mass is 476 g/mol. The predicted molar refractivity (Wildman–Crippen MR) is 125 cm³/mol. The number of carbonyl (C=O) groups excluding carboxylic acids is 1. The van der Waals surface area contributed by atoms with Crippen molar-refractivity contribution < 1.29 is 19.2 Å². The van der Waals surface area contributed by atoms with E-state index in [0.717, 1.165) is 23.3 Å². The van der Waals surface area contributed by atoms with Crippen molar-refractivity contribution in [2.45, 2.75) is 32.0 Å². The number of nitrogens with one attached hydrogen (secondary N) is 3. The Morgan fingerprint density at radius 2 is 2.06 bits per heavy atom. The van der Waals surface area contributed by atoms with E-state index in [-0.39, 0.29) is 37.4 Å². The maximum Gasteiger partial charge on any atom is 0.272 e. The van der Waals surface area contributed by atoms with Crippen molar-refractivity contribution in [1.82, 2.24) is 31.0 Å². The fraction of sp³-hybridized carbons (Fsp3) is 0.292. The molecule has 0 saturated carbocycles. The molecule has 3 heterocycles. The number of aromatic amines is 1. The molecule has 0 aliphatic carbocycles. The quantitative estimate of drug-likeness (QED) is 0.260. The molecule has 35 heavy (non-hydrogen) atoms. The number of aliphatic hydroxyl groups excluding tert-OH is 1. The van der Waals surface area contributed by atoms with Gasteiger partial charge in [-0.05, 0) is 29.8 Å². The van der Waals surface area contributed by atoms with Crippen LogP contribution in [0.1, 0.15) is 23.6 Å². The van der Waals surface area contributed by atoms with E-state index in [4.69, 9.17) is 9.26 Å². The molecule has 0 radical (unpaired) electrons. The van der Waals surface area contributed by atoms with Crippen LogP contribution in [0, 0.1) is 0 Å². The fourth-order valence-electron chi connectivity index (χ4n) is 3.91. The number of aromatic nitrogens is 4. The van der Waals surface area contributed by atoms with Crippen molar-refractivity contribution in [2.24, 2.45) is 0 Å². The molecule has 1 amide bonds. The van der Waals surface area contributed by atoms with Gasteiger partial charge in [0.25, 0.3) is 5.56 Å². The molecule has 180 valence electrons. The second kappa shape index (κ2) is 10.0. The average molecular weight is 476 g/mol. The highest BCUT2D eigenvalue weighted by Gasteiger charge is 2.16. The zero-order valence-corrected chi connectivity index (χ0v) is 18.8. The van der Waals surface area contributed by atoms with Gasteiger partial charge in [-0.15, -0.1) is 0 Å². The molecule has 0 saturated heterocycles. The van der Waals surface area contributed by atoms with Gasteiger partial charge in [0.2, 0.25) is 17.6 Å². The van der Waals surface area contributed by atoms with Gasteiger partial charge in [0, 0.05) is 36.8 Å². The Labute approximate surface area is 199 Å². The number of H-pyrrole nitrogens is 1. The predicted octanol–water partition coefficient (Wildman–Crippen LogP) is 1.07. The molecule has 11 nitrogen and oxygen atoms in total. The van der Waals surface area contributed by atoms with Gasteiger partial charge in [-0.2, -0.15) is 10.1 Å². The molecule has 1 unspecified atom stereocenters. The fourth-order valence-corrected chi connectivity index (χ4v) is 3.91. The molecule has 1 aliphatic heterocycles. The van der Waals surface area contributed by atoms with E-state index in [9.17, 15) is 14.7 Å². The lowest BCUT2D eigenvalue weighted by molar-refractivity contribution is -0.121. The second-order valence-electron chi connectivity index (χ2n) is 8.18. The topological polar surface area (TPSA) is 155 Å². The number of aliphatic hydroxyl groups is 1. The van der Waals surface area contributed by atoms with Crippen molar-refractivity contribution in [3.8, 4) is 17.1 Å². The van der Waals surface area contributed by atoms with Crippen LogP contribution in [0.25, 0.3) is 22.2 Å². The summed E-state index contributed by atoms with van der Waals surface area (Å²) >= 11 is 0. The van der Waals surface area contributed by atoms with Crippen molar-refractivity contribution >= 4 is 16.7 Å². The first-order valence-electron chi connectivity index (χ1n) is 11.3. The first-order chi connectivity index (χ1) is 17.1. The van der Waals surface area contributed by atoms with E-state index in [1.165, 1.54) is 0 Å². The lowest BCUT2D eigenvalue weighted by Crippen LogP contribution is -2.40. The Balaban J connectivity index is 1.08. The molecule has 1 atom stereocenters. The van der Waals surface area contributed by atoms with Crippen LogP contribution in [0.3, 0.4) is 0 Å². The molecular weight excluding hydrogens is 452 g/mol. The number of hydrogen-bond acceptors (Lipinski definition) is 9. The van der Waals surface area contributed by atoms with Crippen molar-refractivity contribution in [2.75, 3.05) is 13.2 Å². The normalized spacial score (nSPS) is 13.4. The van der Waals surface area contributed by atoms with E-state index < -0.39 is 6.23 Å². The number of carbonyl (C=O) groups is 1. The number of benzene rings is 2. The Bertz CT molecular complexity index is 1420. The number of hydrogen-bond donors (Lipinski definition) is 4. The van der Waals surface area contributed by atoms with Gasteiger partial charge in [0.1, 0.15) is 12.0 Å². The van der Waals surface area contributed by atoms with Gasteiger partial charge in [-0.3, -0.25) is 14.9 Å². The maximum absolute atomic E-state index is 12.2. The number of rotatable bonds is 9. The molecule has 5 rings (SSSR count). The Morgan fingerprint density at radius 1 is 1.20 bits per heavy atom. The Morgan fingerprint density at radius 3 is 2.94 bits per heavy atom. The van der Waals surface area contributed by atoms with Crippen molar-refractivity contribution in [3.05, 3.63) is 70.0 Å². The summed E-state index contributed by atoms with van der Waals surface area (Å²) in [6, 6.07) is 12.9. The zero-order valence-electron chi connectivity index (χ0n) is 18.8. The van der Waals surface area contributed by atoms with Gasteiger partial charge in [0.05, 0.1) is 24.2 Å². The number of nitrogens with zero attached hydrogens (tertiary/aromatic N) is 3.